The molecule has 9 heteroatoms. The molecule has 0 radical (unpaired) electrons. The van der Waals surface area contributed by atoms with Crippen LogP contribution >= 0.6 is 0 Å². The third kappa shape index (κ3) is 4.39. The van der Waals surface area contributed by atoms with Gasteiger partial charge >= 0.3 is 6.18 Å². The Hall–Kier alpha value is -4.27. The van der Waals surface area contributed by atoms with Crippen LogP contribution < -0.4 is 5.32 Å². The Kier molecular flexibility index (Phi) is 5.50. The summed E-state index contributed by atoms with van der Waals surface area (Å²) < 4.78 is 42.5. The molecular formula is C27H22F3N5O. The second-order valence-electron chi connectivity index (χ2n) is 9.52. The number of carbonyl (C=O) groups excluding carboxylic acids is 1. The maximum absolute atomic E-state index is 13.6. The highest BCUT2D eigenvalue weighted by Gasteiger charge is 2.35. The molecule has 3 aromatic heterocycles. The van der Waals surface area contributed by atoms with Gasteiger partial charge in [0.05, 0.1) is 28.8 Å². The number of amides is 1. The molecule has 0 fully saturated rings. The van der Waals surface area contributed by atoms with Crippen molar-refractivity contribution in [3.8, 4) is 22.5 Å². The van der Waals surface area contributed by atoms with Gasteiger partial charge in [0, 0.05) is 34.3 Å². The van der Waals surface area contributed by atoms with Crippen molar-refractivity contribution < 1.29 is 18.0 Å². The number of nitrogens with zero attached hydrogens (tertiary/aromatic N) is 4. The predicted molar refractivity (Wildman–Crippen MR) is 132 cm³/mol. The van der Waals surface area contributed by atoms with Crippen LogP contribution in [0.5, 0.6) is 0 Å². The number of halogens is 3. The highest BCUT2D eigenvalue weighted by molar-refractivity contribution is 5.96. The second-order valence-corrected chi connectivity index (χ2v) is 9.52. The van der Waals surface area contributed by atoms with Gasteiger partial charge in [0.1, 0.15) is 0 Å². The molecule has 0 bridgehead atoms. The van der Waals surface area contributed by atoms with Crippen LogP contribution in [-0.2, 0) is 11.0 Å². The summed E-state index contributed by atoms with van der Waals surface area (Å²) in [5.41, 5.74) is 0.819. The molecule has 0 saturated heterocycles. The van der Waals surface area contributed by atoms with Gasteiger partial charge in [0.2, 0.25) is 5.91 Å². The van der Waals surface area contributed by atoms with Gasteiger partial charge in [-0.15, -0.1) is 0 Å². The molecule has 0 aliphatic carbocycles. The van der Waals surface area contributed by atoms with Crippen molar-refractivity contribution in [2.45, 2.75) is 26.9 Å². The Morgan fingerprint density at radius 2 is 1.72 bits per heavy atom. The van der Waals surface area contributed by atoms with Crippen molar-refractivity contribution >= 4 is 28.0 Å². The molecule has 3 heterocycles. The molecule has 36 heavy (non-hydrogen) atoms. The van der Waals surface area contributed by atoms with Crippen molar-refractivity contribution in [2.24, 2.45) is 5.41 Å². The van der Waals surface area contributed by atoms with E-state index in [0.717, 1.165) is 22.4 Å². The van der Waals surface area contributed by atoms with Gasteiger partial charge in [0.15, 0.2) is 5.65 Å². The summed E-state index contributed by atoms with van der Waals surface area (Å²) in [5.74, 6) is -0.518. The maximum Gasteiger partial charge on any atom is 0.418 e. The molecular weight excluding hydrogens is 467 g/mol. The van der Waals surface area contributed by atoms with Gasteiger partial charge in [-0.1, -0.05) is 51.1 Å². The van der Waals surface area contributed by atoms with Gasteiger partial charge in [-0.3, -0.25) is 9.78 Å². The topological polar surface area (TPSA) is 72.2 Å². The van der Waals surface area contributed by atoms with Crippen LogP contribution in [0.2, 0.25) is 0 Å². The Morgan fingerprint density at radius 1 is 0.944 bits per heavy atom. The number of pyridine rings is 1. The van der Waals surface area contributed by atoms with Crippen molar-refractivity contribution in [3.05, 3.63) is 78.8 Å². The number of hydrogen-bond acceptors (Lipinski definition) is 4. The van der Waals surface area contributed by atoms with Crippen LogP contribution in [0.4, 0.5) is 18.9 Å². The van der Waals surface area contributed by atoms with Gasteiger partial charge in [-0.2, -0.15) is 18.3 Å². The number of nitrogens with one attached hydrogen (secondary N) is 1. The summed E-state index contributed by atoms with van der Waals surface area (Å²) in [7, 11) is 0. The van der Waals surface area contributed by atoms with E-state index in [9.17, 15) is 18.0 Å². The van der Waals surface area contributed by atoms with Gasteiger partial charge < -0.3 is 5.32 Å². The van der Waals surface area contributed by atoms with Gasteiger partial charge in [0.25, 0.3) is 0 Å². The van der Waals surface area contributed by atoms with E-state index in [1.807, 2.05) is 30.3 Å². The van der Waals surface area contributed by atoms with Crippen molar-refractivity contribution in [3.63, 3.8) is 0 Å². The zero-order valence-corrected chi connectivity index (χ0v) is 19.8. The number of imidazole rings is 1. The SMILES string of the molecule is CC(C)(C)C(=O)Nc1cc(-c2cn3nc(-c4cncc5ccccc45)ccc3n2)ccc1C(F)(F)F. The van der Waals surface area contributed by atoms with E-state index in [1.165, 1.54) is 12.1 Å². The van der Waals surface area contributed by atoms with Crippen LogP contribution in [0.25, 0.3) is 38.9 Å². The number of hydrogen-bond donors (Lipinski definition) is 1. The zero-order valence-electron chi connectivity index (χ0n) is 19.8. The van der Waals surface area contributed by atoms with Crippen molar-refractivity contribution in [1.82, 2.24) is 19.6 Å². The lowest BCUT2D eigenvalue weighted by atomic mass is 9.95. The largest absolute Gasteiger partial charge is 0.418 e. The molecule has 0 unspecified atom stereocenters. The highest BCUT2D eigenvalue weighted by Crippen LogP contribution is 2.38. The van der Waals surface area contributed by atoms with Crippen LogP contribution in [0, 0.1) is 5.41 Å². The molecule has 182 valence electrons. The van der Waals surface area contributed by atoms with E-state index < -0.39 is 23.1 Å². The molecule has 6 nitrogen and oxygen atoms in total. The number of anilines is 1. The third-order valence-electron chi connectivity index (χ3n) is 5.81. The standard InChI is InChI=1S/C27H22F3N5O/c1-26(2,3)25(36)33-22-12-16(8-9-20(22)27(28,29)30)23-15-35-24(32-23)11-10-21(34-35)19-14-31-13-17-6-4-5-7-18(17)19/h4-15H,1-3H3,(H,33,36). The fourth-order valence-corrected chi connectivity index (χ4v) is 3.85. The summed E-state index contributed by atoms with van der Waals surface area (Å²) in [6, 6.07) is 15.1. The number of benzene rings is 2. The van der Waals surface area contributed by atoms with E-state index in [-0.39, 0.29) is 5.69 Å². The average molecular weight is 490 g/mol. The molecule has 5 rings (SSSR count). The molecule has 1 amide bonds. The Morgan fingerprint density at radius 3 is 2.47 bits per heavy atom. The summed E-state index contributed by atoms with van der Waals surface area (Å²) in [6.07, 6.45) is 0.554. The minimum atomic E-state index is -4.62. The first-order chi connectivity index (χ1) is 17.0. The fourth-order valence-electron chi connectivity index (χ4n) is 3.85. The molecule has 0 atom stereocenters. The summed E-state index contributed by atoms with van der Waals surface area (Å²) in [5, 5.41) is 9.08. The number of carbonyl (C=O) groups is 1. The van der Waals surface area contributed by atoms with Crippen LogP contribution in [0.3, 0.4) is 0 Å². The fraction of sp³-hybridized carbons (Fsp3) is 0.185. The van der Waals surface area contributed by atoms with Gasteiger partial charge in [-0.25, -0.2) is 9.50 Å². The summed E-state index contributed by atoms with van der Waals surface area (Å²) in [4.78, 5) is 21.3. The molecule has 2 aromatic carbocycles. The highest BCUT2D eigenvalue weighted by atomic mass is 19.4. The van der Waals surface area contributed by atoms with E-state index >= 15 is 0 Å². The third-order valence-corrected chi connectivity index (χ3v) is 5.81. The number of aromatic nitrogens is 4. The molecule has 0 spiro atoms. The Balaban J connectivity index is 1.57. The minimum Gasteiger partial charge on any atom is -0.325 e. The van der Waals surface area contributed by atoms with Crippen molar-refractivity contribution in [2.75, 3.05) is 5.32 Å². The van der Waals surface area contributed by atoms with Crippen LogP contribution in [-0.4, -0.2) is 25.5 Å². The minimum absolute atomic E-state index is 0.313. The second kappa shape index (κ2) is 8.44. The first kappa shape index (κ1) is 23.5. The monoisotopic (exact) mass is 489 g/mol. The normalized spacial score (nSPS) is 12.3. The van der Waals surface area contributed by atoms with Gasteiger partial charge in [-0.05, 0) is 29.7 Å². The van der Waals surface area contributed by atoms with E-state index in [2.05, 4.69) is 20.4 Å². The lowest BCUT2D eigenvalue weighted by Crippen LogP contribution is -2.28. The first-order valence-electron chi connectivity index (χ1n) is 11.2. The molecule has 0 aliphatic rings. The number of fused-ring (bicyclic) bond motifs is 2. The number of rotatable bonds is 3. The zero-order chi connectivity index (χ0) is 25.7. The van der Waals surface area contributed by atoms with E-state index in [1.54, 1.807) is 49.9 Å². The number of alkyl halides is 3. The summed E-state index contributed by atoms with van der Waals surface area (Å²) in [6.45, 7) is 4.91. The summed E-state index contributed by atoms with van der Waals surface area (Å²) >= 11 is 0. The first-order valence-corrected chi connectivity index (χ1v) is 11.2. The molecule has 1 N–H and O–H groups in total. The van der Waals surface area contributed by atoms with Crippen LogP contribution in [0.15, 0.2) is 73.2 Å². The van der Waals surface area contributed by atoms with E-state index in [4.69, 9.17) is 0 Å². The van der Waals surface area contributed by atoms with E-state index in [0.29, 0.717) is 22.6 Å². The Bertz CT molecular complexity index is 1610. The Labute approximate surface area is 204 Å². The lowest BCUT2D eigenvalue weighted by molar-refractivity contribution is -0.137. The maximum atomic E-state index is 13.6. The average Bonchev–Trinajstić information content (AvgIpc) is 3.26. The smallest absolute Gasteiger partial charge is 0.325 e. The van der Waals surface area contributed by atoms with Crippen molar-refractivity contribution in [1.29, 1.82) is 0 Å². The molecule has 0 saturated carbocycles. The lowest BCUT2D eigenvalue weighted by Gasteiger charge is -2.20. The quantitative estimate of drug-likeness (QED) is 0.309. The predicted octanol–water partition coefficient (Wildman–Crippen LogP) is 6.61. The molecule has 5 aromatic rings. The molecule has 0 aliphatic heterocycles. The van der Waals surface area contributed by atoms with Crippen LogP contribution in [0.1, 0.15) is 26.3 Å².